The van der Waals surface area contributed by atoms with Crippen molar-refractivity contribution in [2.24, 2.45) is 0 Å². The summed E-state index contributed by atoms with van der Waals surface area (Å²) in [7, 11) is 0. The van der Waals surface area contributed by atoms with E-state index < -0.39 is 0 Å². The summed E-state index contributed by atoms with van der Waals surface area (Å²) in [5.74, 6) is 0.466. The van der Waals surface area contributed by atoms with Crippen LogP contribution in [-0.2, 0) is 13.1 Å². The average Bonchev–Trinajstić information content (AvgIpc) is 3.13. The van der Waals surface area contributed by atoms with Gasteiger partial charge in [-0.2, -0.15) is 0 Å². The van der Waals surface area contributed by atoms with Crippen LogP contribution in [0.15, 0.2) is 65.7 Å². The summed E-state index contributed by atoms with van der Waals surface area (Å²) in [5, 5.41) is 5.99. The molecule has 6 nitrogen and oxygen atoms in total. The molecule has 0 unspecified atom stereocenters. The number of aromatic nitrogens is 2. The van der Waals surface area contributed by atoms with Gasteiger partial charge in [0.05, 0.1) is 24.7 Å². The summed E-state index contributed by atoms with van der Waals surface area (Å²) in [6.45, 7) is 0.994. The number of pyridine rings is 2. The van der Waals surface area contributed by atoms with E-state index in [0.717, 1.165) is 11.3 Å². The topological polar surface area (TPSA) is 80.0 Å². The highest BCUT2D eigenvalue weighted by Gasteiger charge is 2.07. The number of hydrogen-bond acceptors (Lipinski definition) is 5. The number of rotatable bonds is 6. The number of nitrogens with one attached hydrogen (secondary N) is 2. The third kappa shape index (κ3) is 4.16. The van der Waals surface area contributed by atoms with E-state index in [0.29, 0.717) is 24.5 Å². The van der Waals surface area contributed by atoms with Crippen LogP contribution < -0.4 is 10.6 Å². The number of amides is 1. The first-order valence-electron chi connectivity index (χ1n) is 7.21. The Morgan fingerprint density at radius 1 is 1.09 bits per heavy atom. The molecule has 0 saturated carbocycles. The normalized spacial score (nSPS) is 10.3. The van der Waals surface area contributed by atoms with Crippen molar-refractivity contribution in [3.05, 3.63) is 78.3 Å². The van der Waals surface area contributed by atoms with E-state index >= 15 is 0 Å². The molecular weight excluding hydrogens is 292 g/mol. The van der Waals surface area contributed by atoms with Gasteiger partial charge in [-0.05, 0) is 35.9 Å². The molecule has 0 atom stereocenters. The second kappa shape index (κ2) is 7.22. The maximum absolute atomic E-state index is 12.0. The molecule has 6 heteroatoms. The zero-order valence-corrected chi connectivity index (χ0v) is 12.4. The Hall–Kier alpha value is -3.15. The fourth-order valence-electron chi connectivity index (χ4n) is 2.01. The lowest BCUT2D eigenvalue weighted by atomic mass is 10.2. The molecule has 0 bridgehead atoms. The maximum Gasteiger partial charge on any atom is 0.270 e. The first-order chi connectivity index (χ1) is 11.3. The van der Waals surface area contributed by atoms with Crippen molar-refractivity contribution in [3.63, 3.8) is 0 Å². The summed E-state index contributed by atoms with van der Waals surface area (Å²) in [6, 6.07) is 11.0. The first-order valence-corrected chi connectivity index (χ1v) is 7.21. The molecule has 0 aliphatic heterocycles. The van der Waals surface area contributed by atoms with E-state index in [4.69, 9.17) is 4.42 Å². The highest BCUT2D eigenvalue weighted by molar-refractivity contribution is 5.92. The lowest BCUT2D eigenvalue weighted by Gasteiger charge is -2.07. The number of nitrogens with zero attached hydrogens (tertiary/aromatic N) is 2. The second-order valence-electron chi connectivity index (χ2n) is 4.91. The van der Waals surface area contributed by atoms with Gasteiger partial charge in [0.25, 0.3) is 5.91 Å². The Bertz CT molecular complexity index is 740. The van der Waals surface area contributed by atoms with Gasteiger partial charge in [0.2, 0.25) is 0 Å². The van der Waals surface area contributed by atoms with Gasteiger partial charge in [-0.15, -0.1) is 0 Å². The SMILES string of the molecule is O=C(NCc1ccco1)c1ccc(NCc2cccnc2)cn1. The average molecular weight is 308 g/mol. The summed E-state index contributed by atoms with van der Waals surface area (Å²) in [4.78, 5) is 20.2. The Labute approximate surface area is 133 Å². The summed E-state index contributed by atoms with van der Waals surface area (Å²) < 4.78 is 5.16. The van der Waals surface area contributed by atoms with Gasteiger partial charge in [0, 0.05) is 18.9 Å². The third-order valence-corrected chi connectivity index (χ3v) is 3.22. The second-order valence-corrected chi connectivity index (χ2v) is 4.91. The monoisotopic (exact) mass is 308 g/mol. The van der Waals surface area contributed by atoms with Crippen LogP contribution in [0.4, 0.5) is 5.69 Å². The molecule has 3 aromatic heterocycles. The van der Waals surface area contributed by atoms with Gasteiger partial charge in [0.1, 0.15) is 11.5 Å². The van der Waals surface area contributed by atoms with Gasteiger partial charge in [-0.1, -0.05) is 6.07 Å². The van der Waals surface area contributed by atoms with Crippen LogP contribution >= 0.6 is 0 Å². The number of anilines is 1. The number of furan rings is 1. The van der Waals surface area contributed by atoms with Crippen LogP contribution in [0.2, 0.25) is 0 Å². The van der Waals surface area contributed by atoms with E-state index in [1.165, 1.54) is 0 Å². The molecule has 2 N–H and O–H groups in total. The van der Waals surface area contributed by atoms with Crippen molar-refractivity contribution < 1.29 is 9.21 Å². The molecule has 0 aliphatic rings. The molecule has 23 heavy (non-hydrogen) atoms. The van der Waals surface area contributed by atoms with E-state index in [1.807, 2.05) is 18.2 Å². The molecule has 116 valence electrons. The molecule has 3 heterocycles. The van der Waals surface area contributed by atoms with Crippen molar-refractivity contribution >= 4 is 11.6 Å². The lowest BCUT2D eigenvalue weighted by Crippen LogP contribution is -2.23. The van der Waals surface area contributed by atoms with Gasteiger partial charge in [-0.3, -0.25) is 9.78 Å². The Kier molecular flexibility index (Phi) is 4.63. The summed E-state index contributed by atoms with van der Waals surface area (Å²) in [6.07, 6.45) is 6.75. The number of hydrogen-bond donors (Lipinski definition) is 2. The fourth-order valence-corrected chi connectivity index (χ4v) is 2.01. The van der Waals surface area contributed by atoms with Crippen LogP contribution in [0.1, 0.15) is 21.8 Å². The highest BCUT2D eigenvalue weighted by atomic mass is 16.3. The van der Waals surface area contributed by atoms with Crippen molar-refractivity contribution in [1.82, 2.24) is 15.3 Å². The highest BCUT2D eigenvalue weighted by Crippen LogP contribution is 2.09. The minimum Gasteiger partial charge on any atom is -0.467 e. The van der Waals surface area contributed by atoms with E-state index in [1.54, 1.807) is 43.1 Å². The van der Waals surface area contributed by atoms with Crippen molar-refractivity contribution in [3.8, 4) is 0 Å². The van der Waals surface area contributed by atoms with Crippen molar-refractivity contribution in [2.45, 2.75) is 13.1 Å². The number of carbonyl (C=O) groups excluding carboxylic acids is 1. The van der Waals surface area contributed by atoms with Crippen LogP contribution in [0.5, 0.6) is 0 Å². The Morgan fingerprint density at radius 2 is 2.04 bits per heavy atom. The largest absolute Gasteiger partial charge is 0.467 e. The first kappa shape index (κ1) is 14.8. The minimum absolute atomic E-state index is 0.236. The predicted molar refractivity (Wildman–Crippen MR) is 85.7 cm³/mol. The third-order valence-electron chi connectivity index (χ3n) is 3.22. The molecule has 0 spiro atoms. The number of carbonyl (C=O) groups is 1. The summed E-state index contributed by atoms with van der Waals surface area (Å²) in [5.41, 5.74) is 2.28. The van der Waals surface area contributed by atoms with E-state index in [2.05, 4.69) is 20.6 Å². The predicted octanol–water partition coefficient (Wildman–Crippen LogP) is 2.61. The maximum atomic E-state index is 12.0. The molecule has 0 aliphatic carbocycles. The van der Waals surface area contributed by atoms with Crippen molar-refractivity contribution in [1.29, 1.82) is 0 Å². The van der Waals surface area contributed by atoms with Gasteiger partial charge in [0.15, 0.2) is 0 Å². The lowest BCUT2D eigenvalue weighted by molar-refractivity contribution is 0.0943. The molecule has 0 radical (unpaired) electrons. The minimum atomic E-state index is -0.236. The van der Waals surface area contributed by atoms with Crippen molar-refractivity contribution in [2.75, 3.05) is 5.32 Å². The van der Waals surface area contributed by atoms with Gasteiger partial charge < -0.3 is 15.1 Å². The zero-order valence-electron chi connectivity index (χ0n) is 12.4. The van der Waals surface area contributed by atoms with Crippen LogP contribution in [0, 0.1) is 0 Å². The van der Waals surface area contributed by atoms with E-state index in [-0.39, 0.29) is 5.91 Å². The van der Waals surface area contributed by atoms with E-state index in [9.17, 15) is 4.79 Å². The van der Waals surface area contributed by atoms with Gasteiger partial charge in [-0.25, -0.2) is 4.98 Å². The molecule has 0 saturated heterocycles. The molecule has 0 aromatic carbocycles. The quantitative estimate of drug-likeness (QED) is 0.731. The standard InChI is InChI=1S/C17H16N4O2/c22-17(21-12-15-4-2-8-23-15)16-6-5-14(11-20-16)19-10-13-3-1-7-18-9-13/h1-9,11,19H,10,12H2,(H,21,22). The molecule has 3 aromatic rings. The van der Waals surface area contributed by atoms with Gasteiger partial charge >= 0.3 is 0 Å². The smallest absolute Gasteiger partial charge is 0.270 e. The molecule has 0 fully saturated rings. The van der Waals surface area contributed by atoms with Crippen LogP contribution in [0.25, 0.3) is 0 Å². The summed E-state index contributed by atoms with van der Waals surface area (Å²) >= 11 is 0. The molecule has 3 rings (SSSR count). The van der Waals surface area contributed by atoms with Crippen LogP contribution in [0.3, 0.4) is 0 Å². The van der Waals surface area contributed by atoms with Crippen LogP contribution in [-0.4, -0.2) is 15.9 Å². The Balaban J connectivity index is 1.53. The Morgan fingerprint density at radius 3 is 2.74 bits per heavy atom. The molecule has 1 amide bonds. The zero-order chi connectivity index (χ0) is 15.9. The fraction of sp³-hybridized carbons (Fsp3) is 0.118. The molecular formula is C17H16N4O2.